The lowest BCUT2D eigenvalue weighted by Gasteiger charge is -2.36. The van der Waals surface area contributed by atoms with Crippen molar-refractivity contribution in [1.82, 2.24) is 24.8 Å². The van der Waals surface area contributed by atoms with Gasteiger partial charge in [-0.25, -0.2) is 4.79 Å². The topological polar surface area (TPSA) is 128 Å². The molecule has 2 N–H and O–H groups in total. The van der Waals surface area contributed by atoms with Gasteiger partial charge < -0.3 is 39.7 Å². The summed E-state index contributed by atoms with van der Waals surface area (Å²) in [6.07, 6.45) is 0. The van der Waals surface area contributed by atoms with E-state index in [1.807, 2.05) is 29.2 Å². The highest BCUT2D eigenvalue weighted by molar-refractivity contribution is 6.00. The summed E-state index contributed by atoms with van der Waals surface area (Å²) in [4.78, 5) is 48.9. The summed E-state index contributed by atoms with van der Waals surface area (Å²) in [7, 11) is 0. The fraction of sp³-hybridized carbons (Fsp3) is 0.485. The Bertz CT molecular complexity index is 1460. The van der Waals surface area contributed by atoms with Gasteiger partial charge in [0.2, 0.25) is 11.9 Å². The van der Waals surface area contributed by atoms with Crippen LogP contribution in [-0.2, 0) is 9.47 Å². The van der Waals surface area contributed by atoms with Crippen LogP contribution in [0.5, 0.6) is 0 Å². The standard InChI is InChI=1S/C33H43N9O4/c1-4-39-13-15-40(16-14-39)30(43)26-7-11-28(12-8-26)35-33(44)34-27-9-5-25(6-10-27)29-36-31(41-17-19-45-21-23(41)2)38-32(37-29)42-18-20-46-22-24(42)3/h5-12,23-24H,4,13-22H2,1-3H3,(H2,34,35,44)/t23-,24+. The minimum absolute atomic E-state index is 0.0168. The van der Waals surface area contributed by atoms with Crippen LogP contribution in [0.4, 0.5) is 28.1 Å². The molecule has 0 saturated carbocycles. The number of hydrogen-bond donors (Lipinski definition) is 2. The third-order valence-corrected chi connectivity index (χ3v) is 8.76. The van der Waals surface area contributed by atoms with E-state index in [1.165, 1.54) is 0 Å². The number of aromatic nitrogens is 3. The fourth-order valence-corrected chi connectivity index (χ4v) is 5.93. The quantitative estimate of drug-likeness (QED) is 0.401. The predicted octanol–water partition coefficient (Wildman–Crippen LogP) is 3.41. The first-order chi connectivity index (χ1) is 22.4. The molecule has 0 spiro atoms. The number of benzene rings is 2. The maximum absolute atomic E-state index is 12.9. The number of urea groups is 1. The SMILES string of the molecule is CCN1CCN(C(=O)c2ccc(NC(=O)Nc3ccc(-c4nc(N5CCOC[C@H]5C)nc(N5CCOC[C@@H]5C)n4)cc3)cc2)CC1. The second-order valence-electron chi connectivity index (χ2n) is 12.0. The summed E-state index contributed by atoms with van der Waals surface area (Å²) in [6, 6.07) is 14.4. The molecule has 0 radical (unpaired) electrons. The molecule has 4 heterocycles. The van der Waals surface area contributed by atoms with Gasteiger partial charge in [0, 0.05) is 61.8 Å². The van der Waals surface area contributed by atoms with Crippen LogP contribution in [0.2, 0.25) is 0 Å². The second kappa shape index (κ2) is 14.4. The molecule has 3 fully saturated rings. The van der Waals surface area contributed by atoms with E-state index in [-0.39, 0.29) is 24.0 Å². The van der Waals surface area contributed by atoms with E-state index < -0.39 is 0 Å². The van der Waals surface area contributed by atoms with Gasteiger partial charge in [-0.1, -0.05) is 6.92 Å². The van der Waals surface area contributed by atoms with Crippen molar-refractivity contribution in [3.8, 4) is 11.4 Å². The molecule has 46 heavy (non-hydrogen) atoms. The monoisotopic (exact) mass is 629 g/mol. The summed E-state index contributed by atoms with van der Waals surface area (Å²) in [5, 5.41) is 5.72. The Morgan fingerprint density at radius 1 is 0.739 bits per heavy atom. The highest BCUT2D eigenvalue weighted by atomic mass is 16.5. The number of carbonyl (C=O) groups excluding carboxylic acids is 2. The van der Waals surface area contributed by atoms with Crippen molar-refractivity contribution in [3.05, 3.63) is 54.1 Å². The summed E-state index contributed by atoms with van der Waals surface area (Å²) >= 11 is 0. The molecule has 13 nitrogen and oxygen atoms in total. The van der Waals surface area contributed by atoms with Gasteiger partial charge in [0.25, 0.3) is 5.91 Å². The third kappa shape index (κ3) is 7.38. The third-order valence-electron chi connectivity index (χ3n) is 8.76. The Balaban J connectivity index is 1.11. The Labute approximate surface area is 269 Å². The average Bonchev–Trinajstić information content (AvgIpc) is 3.09. The van der Waals surface area contributed by atoms with Gasteiger partial charge in [-0.05, 0) is 68.9 Å². The summed E-state index contributed by atoms with van der Waals surface area (Å²) in [5.41, 5.74) is 2.65. The number of amides is 3. The van der Waals surface area contributed by atoms with Crippen molar-refractivity contribution < 1.29 is 19.1 Å². The van der Waals surface area contributed by atoms with Crippen molar-refractivity contribution in [2.45, 2.75) is 32.9 Å². The predicted molar refractivity (Wildman–Crippen MR) is 178 cm³/mol. The molecular formula is C33H43N9O4. The maximum atomic E-state index is 12.9. The molecule has 13 heteroatoms. The van der Waals surface area contributed by atoms with Gasteiger partial charge in [0.15, 0.2) is 5.82 Å². The summed E-state index contributed by atoms with van der Waals surface area (Å²) < 4.78 is 11.3. The van der Waals surface area contributed by atoms with Crippen LogP contribution in [0.25, 0.3) is 11.4 Å². The van der Waals surface area contributed by atoms with E-state index in [0.29, 0.717) is 74.2 Å². The molecule has 2 aromatic carbocycles. The lowest BCUT2D eigenvalue weighted by atomic mass is 10.1. The first kappa shape index (κ1) is 31.6. The number of nitrogens with zero attached hydrogens (tertiary/aromatic N) is 7. The van der Waals surface area contributed by atoms with Crippen LogP contribution in [0.15, 0.2) is 48.5 Å². The van der Waals surface area contributed by atoms with Gasteiger partial charge in [-0.2, -0.15) is 15.0 Å². The van der Waals surface area contributed by atoms with Gasteiger partial charge in [0.05, 0.1) is 38.5 Å². The largest absolute Gasteiger partial charge is 0.377 e. The van der Waals surface area contributed by atoms with Crippen LogP contribution in [0, 0.1) is 0 Å². The Morgan fingerprint density at radius 2 is 1.26 bits per heavy atom. The fourth-order valence-electron chi connectivity index (χ4n) is 5.93. The highest BCUT2D eigenvalue weighted by Gasteiger charge is 2.27. The lowest BCUT2D eigenvalue weighted by Crippen LogP contribution is -2.48. The first-order valence-electron chi connectivity index (χ1n) is 16.1. The Kier molecular flexibility index (Phi) is 9.91. The minimum Gasteiger partial charge on any atom is -0.377 e. The number of rotatable bonds is 7. The minimum atomic E-state index is -0.380. The van der Waals surface area contributed by atoms with Gasteiger partial charge in [-0.15, -0.1) is 0 Å². The second-order valence-corrected chi connectivity index (χ2v) is 12.0. The molecule has 244 valence electrons. The van der Waals surface area contributed by atoms with Crippen LogP contribution >= 0.6 is 0 Å². The normalized spacial score (nSPS) is 20.8. The first-order valence-corrected chi connectivity index (χ1v) is 16.1. The van der Waals surface area contributed by atoms with Gasteiger partial charge >= 0.3 is 6.03 Å². The average molecular weight is 630 g/mol. The highest BCUT2D eigenvalue weighted by Crippen LogP contribution is 2.26. The molecule has 3 aliphatic heterocycles. The smallest absolute Gasteiger partial charge is 0.323 e. The Morgan fingerprint density at radius 3 is 1.76 bits per heavy atom. The van der Waals surface area contributed by atoms with Crippen molar-refractivity contribution >= 4 is 35.2 Å². The number of piperazine rings is 1. The summed E-state index contributed by atoms with van der Waals surface area (Å²) in [6.45, 7) is 14.5. The van der Waals surface area contributed by atoms with E-state index in [1.54, 1.807) is 24.3 Å². The molecule has 0 bridgehead atoms. The van der Waals surface area contributed by atoms with E-state index in [0.717, 1.165) is 38.3 Å². The number of carbonyl (C=O) groups is 2. The number of ether oxygens (including phenoxy) is 2. The maximum Gasteiger partial charge on any atom is 0.323 e. The molecule has 0 aliphatic carbocycles. The van der Waals surface area contributed by atoms with Crippen LogP contribution in [0.3, 0.4) is 0 Å². The molecule has 3 aliphatic rings. The van der Waals surface area contributed by atoms with E-state index >= 15 is 0 Å². The Hall–Kier alpha value is -4.33. The van der Waals surface area contributed by atoms with Crippen molar-refractivity contribution in [2.24, 2.45) is 0 Å². The molecule has 3 aromatic rings. The molecule has 3 amide bonds. The van der Waals surface area contributed by atoms with Crippen molar-refractivity contribution in [2.75, 3.05) is 92.7 Å². The summed E-state index contributed by atoms with van der Waals surface area (Å²) in [5.74, 6) is 1.84. The molecule has 2 atom stereocenters. The van der Waals surface area contributed by atoms with E-state index in [4.69, 9.17) is 24.4 Å². The number of likely N-dealkylation sites (N-methyl/N-ethyl adjacent to an activating group) is 1. The number of hydrogen-bond acceptors (Lipinski definition) is 10. The van der Waals surface area contributed by atoms with Gasteiger partial charge in [-0.3, -0.25) is 4.79 Å². The van der Waals surface area contributed by atoms with E-state index in [9.17, 15) is 9.59 Å². The van der Waals surface area contributed by atoms with Crippen molar-refractivity contribution in [1.29, 1.82) is 0 Å². The molecule has 0 unspecified atom stereocenters. The van der Waals surface area contributed by atoms with Crippen molar-refractivity contribution in [3.63, 3.8) is 0 Å². The van der Waals surface area contributed by atoms with Crippen LogP contribution < -0.4 is 20.4 Å². The lowest BCUT2D eigenvalue weighted by molar-refractivity contribution is 0.0643. The molecule has 1 aromatic heterocycles. The molecular weight excluding hydrogens is 586 g/mol. The zero-order valence-electron chi connectivity index (χ0n) is 26.8. The zero-order valence-corrected chi connectivity index (χ0v) is 26.8. The van der Waals surface area contributed by atoms with E-state index in [2.05, 4.69) is 46.1 Å². The van der Waals surface area contributed by atoms with Crippen LogP contribution in [-0.4, -0.2) is 121 Å². The number of anilines is 4. The number of morpholine rings is 2. The molecule has 6 rings (SSSR count). The zero-order chi connectivity index (χ0) is 32.0. The number of nitrogens with one attached hydrogen (secondary N) is 2. The van der Waals surface area contributed by atoms with Gasteiger partial charge in [0.1, 0.15) is 0 Å². The van der Waals surface area contributed by atoms with Crippen LogP contribution in [0.1, 0.15) is 31.1 Å². The molecule has 3 saturated heterocycles.